The number of carbonyl (C=O) groups excluding carboxylic acids is 1. The van der Waals surface area contributed by atoms with Crippen LogP contribution in [0.1, 0.15) is 0 Å². The number of pyridine rings is 1. The van der Waals surface area contributed by atoms with Crippen molar-refractivity contribution >= 4 is 27.7 Å². The molecule has 0 unspecified atom stereocenters. The number of nitrogens with zero attached hydrogens (tertiary/aromatic N) is 2. The third-order valence-electron chi connectivity index (χ3n) is 2.17. The maximum Gasteiger partial charge on any atom is 0.251 e. The number of aromatic nitrogens is 1. The van der Waals surface area contributed by atoms with Gasteiger partial charge in [0, 0.05) is 17.2 Å². The number of alkyl halides is 2. The molecule has 0 aliphatic carbocycles. The van der Waals surface area contributed by atoms with Gasteiger partial charge in [-0.05, 0) is 28.1 Å². The van der Waals surface area contributed by atoms with E-state index in [0.717, 1.165) is 4.47 Å². The van der Waals surface area contributed by atoms with Crippen LogP contribution in [0, 0.1) is 0 Å². The smallest absolute Gasteiger partial charge is 0.251 e. The molecule has 0 aliphatic rings. The molecule has 0 bridgehead atoms. The average Bonchev–Trinajstić information content (AvgIpc) is 2.31. The predicted molar refractivity (Wildman–Crippen MR) is 70.1 cm³/mol. The standard InChI is InChI=1S/C11H14BrF2N3O2/c12-8-1-2-10(15-5-8)16-11(19)7-17(3-4-18)6-9(13)14/h1-2,5,9,18H,3-4,6-7H2,(H,15,16,19). The molecule has 0 radical (unpaired) electrons. The monoisotopic (exact) mass is 337 g/mol. The van der Waals surface area contributed by atoms with Gasteiger partial charge in [0.25, 0.3) is 6.43 Å². The Labute approximate surface area is 117 Å². The van der Waals surface area contributed by atoms with Crippen molar-refractivity contribution in [1.82, 2.24) is 9.88 Å². The van der Waals surface area contributed by atoms with Crippen LogP contribution in [0.15, 0.2) is 22.8 Å². The Bertz CT molecular complexity index is 403. The van der Waals surface area contributed by atoms with Crippen molar-refractivity contribution in [2.45, 2.75) is 6.43 Å². The number of halogens is 3. The molecule has 5 nitrogen and oxygen atoms in total. The molecule has 19 heavy (non-hydrogen) atoms. The van der Waals surface area contributed by atoms with Gasteiger partial charge in [0.2, 0.25) is 5.91 Å². The lowest BCUT2D eigenvalue weighted by molar-refractivity contribution is -0.117. The van der Waals surface area contributed by atoms with Crippen LogP contribution in [-0.4, -0.2) is 53.6 Å². The fourth-order valence-electron chi connectivity index (χ4n) is 1.41. The molecule has 0 saturated carbocycles. The molecule has 0 fully saturated rings. The van der Waals surface area contributed by atoms with Crippen molar-refractivity contribution in [3.8, 4) is 0 Å². The van der Waals surface area contributed by atoms with Crippen molar-refractivity contribution in [2.24, 2.45) is 0 Å². The number of carbonyl (C=O) groups is 1. The summed E-state index contributed by atoms with van der Waals surface area (Å²) in [4.78, 5) is 16.8. The highest BCUT2D eigenvalue weighted by molar-refractivity contribution is 9.10. The quantitative estimate of drug-likeness (QED) is 0.788. The van der Waals surface area contributed by atoms with Crippen LogP contribution >= 0.6 is 15.9 Å². The summed E-state index contributed by atoms with van der Waals surface area (Å²) >= 11 is 3.21. The van der Waals surface area contributed by atoms with Crippen LogP contribution in [-0.2, 0) is 4.79 Å². The summed E-state index contributed by atoms with van der Waals surface area (Å²) in [6.45, 7) is -1.04. The Kier molecular flexibility index (Phi) is 6.82. The van der Waals surface area contributed by atoms with E-state index in [4.69, 9.17) is 5.11 Å². The van der Waals surface area contributed by atoms with Crippen molar-refractivity contribution < 1.29 is 18.7 Å². The van der Waals surface area contributed by atoms with Crippen LogP contribution in [0.4, 0.5) is 14.6 Å². The Balaban J connectivity index is 2.49. The molecular weight excluding hydrogens is 324 g/mol. The molecule has 2 N–H and O–H groups in total. The number of aliphatic hydroxyl groups excluding tert-OH is 1. The van der Waals surface area contributed by atoms with Gasteiger partial charge >= 0.3 is 0 Å². The first-order valence-corrected chi connectivity index (χ1v) is 6.33. The summed E-state index contributed by atoms with van der Waals surface area (Å²) < 4.78 is 25.3. The van der Waals surface area contributed by atoms with Crippen LogP contribution in [0.3, 0.4) is 0 Å². The van der Waals surface area contributed by atoms with E-state index in [1.165, 1.54) is 11.1 Å². The molecule has 1 heterocycles. The second-order valence-electron chi connectivity index (χ2n) is 3.76. The number of aliphatic hydroxyl groups is 1. The van der Waals surface area contributed by atoms with Gasteiger partial charge in [-0.25, -0.2) is 13.8 Å². The van der Waals surface area contributed by atoms with Gasteiger partial charge in [-0.3, -0.25) is 9.69 Å². The first-order valence-electron chi connectivity index (χ1n) is 5.54. The zero-order valence-corrected chi connectivity index (χ0v) is 11.6. The van der Waals surface area contributed by atoms with E-state index in [-0.39, 0.29) is 19.7 Å². The zero-order valence-electron chi connectivity index (χ0n) is 10.0. The van der Waals surface area contributed by atoms with Gasteiger partial charge in [-0.15, -0.1) is 0 Å². The second-order valence-corrected chi connectivity index (χ2v) is 4.68. The molecule has 1 rings (SSSR count). The Hall–Kier alpha value is -1.12. The van der Waals surface area contributed by atoms with E-state index < -0.39 is 18.9 Å². The number of hydrogen-bond acceptors (Lipinski definition) is 4. The summed E-state index contributed by atoms with van der Waals surface area (Å²) in [5.74, 6) is -0.113. The van der Waals surface area contributed by atoms with Gasteiger partial charge in [0.1, 0.15) is 5.82 Å². The second kappa shape index (κ2) is 8.13. The molecule has 0 atom stereocenters. The summed E-state index contributed by atoms with van der Waals surface area (Å²) in [5, 5.41) is 11.2. The maximum atomic E-state index is 12.3. The van der Waals surface area contributed by atoms with Gasteiger partial charge in [-0.2, -0.15) is 0 Å². The summed E-state index contributed by atoms with van der Waals surface area (Å²) in [6.07, 6.45) is -1.04. The van der Waals surface area contributed by atoms with E-state index in [0.29, 0.717) is 5.82 Å². The Morgan fingerprint density at radius 1 is 1.53 bits per heavy atom. The topological polar surface area (TPSA) is 65.5 Å². The highest BCUT2D eigenvalue weighted by Crippen LogP contribution is 2.10. The number of nitrogens with one attached hydrogen (secondary N) is 1. The number of rotatable bonds is 7. The lowest BCUT2D eigenvalue weighted by atomic mass is 10.4. The molecular formula is C11H14BrF2N3O2. The summed E-state index contributed by atoms with van der Waals surface area (Å²) in [5.41, 5.74) is 0. The molecule has 8 heteroatoms. The van der Waals surface area contributed by atoms with Crippen LogP contribution in [0.5, 0.6) is 0 Å². The summed E-state index contributed by atoms with van der Waals surface area (Å²) in [6, 6.07) is 3.29. The lowest BCUT2D eigenvalue weighted by Crippen LogP contribution is -2.38. The van der Waals surface area contributed by atoms with E-state index in [2.05, 4.69) is 26.2 Å². The number of anilines is 1. The third-order valence-corrected chi connectivity index (χ3v) is 2.64. The van der Waals surface area contributed by atoms with E-state index in [9.17, 15) is 13.6 Å². The fraction of sp³-hybridized carbons (Fsp3) is 0.455. The number of amides is 1. The van der Waals surface area contributed by atoms with E-state index in [1.807, 2.05) is 0 Å². The van der Waals surface area contributed by atoms with Gasteiger partial charge < -0.3 is 10.4 Å². The van der Waals surface area contributed by atoms with Crippen molar-refractivity contribution in [3.63, 3.8) is 0 Å². The molecule has 1 amide bonds. The number of hydrogen-bond donors (Lipinski definition) is 2. The molecule has 106 valence electrons. The third kappa shape index (κ3) is 6.55. The summed E-state index contributed by atoms with van der Waals surface area (Å²) in [7, 11) is 0. The van der Waals surface area contributed by atoms with Crippen LogP contribution < -0.4 is 5.32 Å². The molecule has 0 aromatic carbocycles. The Morgan fingerprint density at radius 2 is 2.26 bits per heavy atom. The van der Waals surface area contributed by atoms with Crippen LogP contribution in [0.25, 0.3) is 0 Å². The minimum absolute atomic E-state index is 0.0194. The first kappa shape index (κ1) is 15.9. The first-order chi connectivity index (χ1) is 9.01. The van der Waals surface area contributed by atoms with Crippen LogP contribution in [0.2, 0.25) is 0 Å². The molecule has 1 aromatic heterocycles. The minimum Gasteiger partial charge on any atom is -0.395 e. The zero-order chi connectivity index (χ0) is 14.3. The largest absolute Gasteiger partial charge is 0.395 e. The Morgan fingerprint density at radius 3 is 2.79 bits per heavy atom. The SMILES string of the molecule is O=C(CN(CCO)CC(F)F)Nc1ccc(Br)cn1. The minimum atomic E-state index is -2.55. The predicted octanol–water partition coefficient (Wildman–Crippen LogP) is 1.34. The average molecular weight is 338 g/mol. The van der Waals surface area contributed by atoms with Gasteiger partial charge in [-0.1, -0.05) is 0 Å². The normalized spacial score (nSPS) is 11.1. The maximum absolute atomic E-state index is 12.3. The van der Waals surface area contributed by atoms with Crippen molar-refractivity contribution in [3.05, 3.63) is 22.8 Å². The highest BCUT2D eigenvalue weighted by Gasteiger charge is 2.15. The van der Waals surface area contributed by atoms with Gasteiger partial charge in [0.15, 0.2) is 0 Å². The van der Waals surface area contributed by atoms with E-state index in [1.54, 1.807) is 12.1 Å². The fourth-order valence-corrected chi connectivity index (χ4v) is 1.64. The molecule has 0 spiro atoms. The van der Waals surface area contributed by atoms with E-state index >= 15 is 0 Å². The molecule has 1 aromatic rings. The lowest BCUT2D eigenvalue weighted by Gasteiger charge is -2.19. The highest BCUT2D eigenvalue weighted by atomic mass is 79.9. The molecule has 0 saturated heterocycles. The van der Waals surface area contributed by atoms with Crippen molar-refractivity contribution in [2.75, 3.05) is 31.6 Å². The van der Waals surface area contributed by atoms with Gasteiger partial charge in [0.05, 0.1) is 19.7 Å². The molecule has 0 aliphatic heterocycles. The van der Waals surface area contributed by atoms with Crippen molar-refractivity contribution in [1.29, 1.82) is 0 Å².